The summed E-state index contributed by atoms with van der Waals surface area (Å²) in [7, 11) is 0. The second-order valence-electron chi connectivity index (χ2n) is 3.61. The van der Waals surface area contributed by atoms with Crippen LogP contribution in [0.3, 0.4) is 0 Å². The van der Waals surface area contributed by atoms with E-state index >= 15 is 0 Å². The minimum Gasteiger partial charge on any atom is -0.298 e. The first-order chi connectivity index (χ1) is 5.86. The second kappa shape index (κ2) is 5.13. The van der Waals surface area contributed by atoms with Crippen LogP contribution in [0.2, 0.25) is 0 Å². The Hall–Kier alpha value is -0.590. The Morgan fingerprint density at radius 3 is 2.50 bits per heavy atom. The molecule has 0 unspecified atom stereocenters. The highest BCUT2D eigenvalue weighted by Crippen LogP contribution is 2.25. The first-order valence-electron chi connectivity index (χ1n) is 5.02. The SMILES string of the molecule is CC/C(C=O)=C\C1CCCCC1. The van der Waals surface area contributed by atoms with Crippen molar-refractivity contribution in [1.29, 1.82) is 0 Å². The maximum atomic E-state index is 10.5. The molecule has 0 amide bonds. The van der Waals surface area contributed by atoms with Crippen LogP contribution in [0.15, 0.2) is 11.6 Å². The highest BCUT2D eigenvalue weighted by atomic mass is 16.1. The van der Waals surface area contributed by atoms with E-state index in [9.17, 15) is 4.79 Å². The molecule has 0 atom stereocenters. The molecule has 0 aromatic heterocycles. The third kappa shape index (κ3) is 2.80. The molecule has 0 heterocycles. The van der Waals surface area contributed by atoms with Gasteiger partial charge in [0.2, 0.25) is 0 Å². The summed E-state index contributed by atoms with van der Waals surface area (Å²) in [4.78, 5) is 10.5. The maximum Gasteiger partial charge on any atom is 0.145 e. The molecular formula is C11H18O. The molecule has 1 nitrogen and oxygen atoms in total. The number of aldehydes is 1. The fourth-order valence-electron chi connectivity index (χ4n) is 1.84. The lowest BCUT2D eigenvalue weighted by Crippen LogP contribution is -2.04. The maximum absolute atomic E-state index is 10.5. The normalized spacial score (nSPS) is 20.9. The fraction of sp³-hybridized carbons (Fsp3) is 0.727. The van der Waals surface area contributed by atoms with Crippen LogP contribution in [-0.4, -0.2) is 6.29 Å². The summed E-state index contributed by atoms with van der Waals surface area (Å²) in [6.45, 7) is 2.04. The van der Waals surface area contributed by atoms with Crippen molar-refractivity contribution in [2.45, 2.75) is 45.4 Å². The van der Waals surface area contributed by atoms with Crippen molar-refractivity contribution in [2.75, 3.05) is 0 Å². The zero-order valence-corrected chi connectivity index (χ0v) is 7.88. The molecule has 0 aliphatic heterocycles. The Labute approximate surface area is 74.9 Å². The average molecular weight is 166 g/mol. The zero-order valence-electron chi connectivity index (χ0n) is 7.88. The van der Waals surface area contributed by atoms with E-state index in [1.807, 2.05) is 6.92 Å². The molecule has 0 saturated heterocycles. The summed E-state index contributed by atoms with van der Waals surface area (Å²) in [6, 6.07) is 0. The van der Waals surface area contributed by atoms with Gasteiger partial charge in [0, 0.05) is 0 Å². The number of hydrogen-bond acceptors (Lipinski definition) is 1. The lowest BCUT2D eigenvalue weighted by Gasteiger charge is -2.18. The van der Waals surface area contributed by atoms with Crippen molar-refractivity contribution in [3.05, 3.63) is 11.6 Å². The van der Waals surface area contributed by atoms with Gasteiger partial charge in [0.1, 0.15) is 6.29 Å². The smallest absolute Gasteiger partial charge is 0.145 e. The van der Waals surface area contributed by atoms with Crippen molar-refractivity contribution in [3.8, 4) is 0 Å². The molecule has 0 N–H and O–H groups in total. The molecule has 1 aliphatic rings. The quantitative estimate of drug-likeness (QED) is 0.465. The lowest BCUT2D eigenvalue weighted by molar-refractivity contribution is -0.105. The van der Waals surface area contributed by atoms with Gasteiger partial charge in [-0.1, -0.05) is 32.3 Å². The molecule has 1 heteroatoms. The summed E-state index contributed by atoms with van der Waals surface area (Å²) in [5.41, 5.74) is 0.988. The van der Waals surface area contributed by atoms with Gasteiger partial charge in [-0.05, 0) is 30.8 Å². The second-order valence-corrected chi connectivity index (χ2v) is 3.61. The van der Waals surface area contributed by atoms with E-state index in [4.69, 9.17) is 0 Å². The van der Waals surface area contributed by atoms with E-state index in [2.05, 4.69) is 6.08 Å². The van der Waals surface area contributed by atoms with Crippen molar-refractivity contribution in [3.63, 3.8) is 0 Å². The Bertz CT molecular complexity index is 164. The first-order valence-corrected chi connectivity index (χ1v) is 5.02. The largest absolute Gasteiger partial charge is 0.298 e. The van der Waals surface area contributed by atoms with Crippen LogP contribution in [0.4, 0.5) is 0 Å². The van der Waals surface area contributed by atoms with Gasteiger partial charge in [-0.2, -0.15) is 0 Å². The van der Waals surface area contributed by atoms with Crippen LogP contribution in [0.5, 0.6) is 0 Å². The average Bonchev–Trinajstić information content (AvgIpc) is 2.16. The molecule has 1 saturated carbocycles. The summed E-state index contributed by atoms with van der Waals surface area (Å²) in [5, 5.41) is 0. The van der Waals surface area contributed by atoms with Crippen LogP contribution < -0.4 is 0 Å². The van der Waals surface area contributed by atoms with Crippen LogP contribution >= 0.6 is 0 Å². The van der Waals surface area contributed by atoms with Crippen molar-refractivity contribution in [1.82, 2.24) is 0 Å². The van der Waals surface area contributed by atoms with E-state index < -0.39 is 0 Å². The molecule has 0 aromatic rings. The van der Waals surface area contributed by atoms with Gasteiger partial charge in [-0.3, -0.25) is 4.79 Å². The predicted molar refractivity (Wildman–Crippen MR) is 51.0 cm³/mol. The Morgan fingerprint density at radius 2 is 2.00 bits per heavy atom. The topological polar surface area (TPSA) is 17.1 Å². The molecule has 12 heavy (non-hydrogen) atoms. The third-order valence-corrected chi connectivity index (χ3v) is 2.66. The number of allylic oxidation sites excluding steroid dienone is 2. The van der Waals surface area contributed by atoms with E-state index in [0.29, 0.717) is 5.92 Å². The molecule has 0 spiro atoms. The highest BCUT2D eigenvalue weighted by molar-refractivity contribution is 5.72. The van der Waals surface area contributed by atoms with E-state index in [1.54, 1.807) is 0 Å². The van der Waals surface area contributed by atoms with Crippen LogP contribution in [-0.2, 0) is 4.79 Å². The third-order valence-electron chi connectivity index (χ3n) is 2.66. The van der Waals surface area contributed by atoms with Crippen molar-refractivity contribution in [2.24, 2.45) is 5.92 Å². The Kier molecular flexibility index (Phi) is 4.06. The number of hydrogen-bond donors (Lipinski definition) is 0. The standard InChI is InChI=1S/C11H18O/c1-2-10(9-12)8-11-6-4-3-5-7-11/h8-9,11H,2-7H2,1H3/b10-8+. The summed E-state index contributed by atoms with van der Waals surface area (Å²) >= 11 is 0. The molecule has 68 valence electrons. The van der Waals surface area contributed by atoms with Gasteiger partial charge in [0.25, 0.3) is 0 Å². The van der Waals surface area contributed by atoms with Gasteiger partial charge in [-0.15, -0.1) is 0 Å². The zero-order chi connectivity index (χ0) is 8.81. The summed E-state index contributed by atoms with van der Waals surface area (Å²) in [6.07, 6.45) is 10.7. The number of rotatable bonds is 3. The van der Waals surface area contributed by atoms with Gasteiger partial charge >= 0.3 is 0 Å². The predicted octanol–water partition coefficient (Wildman–Crippen LogP) is 3.10. The Balaban J connectivity index is 2.45. The number of carbonyl (C=O) groups is 1. The van der Waals surface area contributed by atoms with Crippen molar-refractivity contribution < 1.29 is 4.79 Å². The molecule has 1 fully saturated rings. The van der Waals surface area contributed by atoms with E-state index in [1.165, 1.54) is 32.1 Å². The van der Waals surface area contributed by atoms with Crippen LogP contribution in [0.1, 0.15) is 45.4 Å². The van der Waals surface area contributed by atoms with Crippen molar-refractivity contribution >= 4 is 6.29 Å². The van der Waals surface area contributed by atoms with Gasteiger partial charge in [0.05, 0.1) is 0 Å². The van der Waals surface area contributed by atoms with Crippen LogP contribution in [0.25, 0.3) is 0 Å². The lowest BCUT2D eigenvalue weighted by atomic mass is 9.88. The fourth-order valence-corrected chi connectivity index (χ4v) is 1.84. The molecule has 0 radical (unpaired) electrons. The Morgan fingerprint density at radius 1 is 1.33 bits per heavy atom. The highest BCUT2D eigenvalue weighted by Gasteiger charge is 2.10. The minimum atomic E-state index is 0.693. The van der Waals surface area contributed by atoms with Gasteiger partial charge < -0.3 is 0 Å². The monoisotopic (exact) mass is 166 g/mol. The number of carbonyl (C=O) groups excluding carboxylic acids is 1. The molecule has 1 rings (SSSR count). The molecule has 0 aromatic carbocycles. The van der Waals surface area contributed by atoms with E-state index in [0.717, 1.165) is 18.3 Å². The van der Waals surface area contributed by atoms with Gasteiger partial charge in [0.15, 0.2) is 0 Å². The van der Waals surface area contributed by atoms with Gasteiger partial charge in [-0.25, -0.2) is 0 Å². The molecule has 0 bridgehead atoms. The van der Waals surface area contributed by atoms with Crippen LogP contribution in [0, 0.1) is 5.92 Å². The van der Waals surface area contributed by atoms with E-state index in [-0.39, 0.29) is 0 Å². The molecule has 1 aliphatic carbocycles. The summed E-state index contributed by atoms with van der Waals surface area (Å²) < 4.78 is 0. The summed E-state index contributed by atoms with van der Waals surface area (Å²) in [5.74, 6) is 0.693. The first kappa shape index (κ1) is 9.50. The minimum absolute atomic E-state index is 0.693. The molecular weight excluding hydrogens is 148 g/mol.